The van der Waals surface area contributed by atoms with E-state index in [4.69, 9.17) is 0 Å². The molecule has 120 valence electrons. The van der Waals surface area contributed by atoms with E-state index in [0.717, 1.165) is 18.1 Å². The quantitative estimate of drug-likeness (QED) is 0.759. The van der Waals surface area contributed by atoms with Crippen LogP contribution in [0.4, 0.5) is 17.2 Å². The molecule has 2 aromatic carbocycles. The maximum Gasteiger partial charge on any atom is 0.221 e. The number of para-hydroxylation sites is 1. The van der Waals surface area contributed by atoms with E-state index in [9.17, 15) is 4.79 Å². The molecule has 0 fully saturated rings. The van der Waals surface area contributed by atoms with Crippen LogP contribution >= 0.6 is 0 Å². The molecule has 1 heterocycles. The fourth-order valence-electron chi connectivity index (χ4n) is 2.50. The van der Waals surface area contributed by atoms with E-state index in [1.807, 2.05) is 48.5 Å². The van der Waals surface area contributed by atoms with Crippen LogP contribution in [-0.4, -0.2) is 10.9 Å². The van der Waals surface area contributed by atoms with Crippen LogP contribution in [0.1, 0.15) is 12.5 Å². The fraction of sp³-hybridized carbons (Fsp3) is 0.100. The Morgan fingerprint density at radius 3 is 2.21 bits per heavy atom. The van der Waals surface area contributed by atoms with Gasteiger partial charge in [-0.1, -0.05) is 48.5 Å². The number of hydrogen-bond donors (Lipinski definition) is 1. The minimum absolute atomic E-state index is 0.103. The first-order valence-electron chi connectivity index (χ1n) is 7.82. The number of rotatable bonds is 5. The Bertz CT molecular complexity index is 786. The maximum atomic E-state index is 11.1. The van der Waals surface area contributed by atoms with Crippen molar-refractivity contribution in [1.82, 2.24) is 4.98 Å². The molecule has 0 bridgehead atoms. The summed E-state index contributed by atoms with van der Waals surface area (Å²) in [5.74, 6) is 0.730. The van der Waals surface area contributed by atoms with Crippen LogP contribution in [0.5, 0.6) is 0 Å². The van der Waals surface area contributed by atoms with Crippen LogP contribution in [0.2, 0.25) is 0 Å². The molecule has 3 rings (SSSR count). The predicted octanol–water partition coefficient (Wildman–Crippen LogP) is 4.38. The summed E-state index contributed by atoms with van der Waals surface area (Å²) in [5, 5.41) is 2.74. The number of nitrogens with zero attached hydrogens (tertiary/aromatic N) is 2. The van der Waals surface area contributed by atoms with E-state index in [1.165, 1.54) is 12.5 Å². The van der Waals surface area contributed by atoms with Crippen LogP contribution in [-0.2, 0) is 11.3 Å². The average Bonchev–Trinajstić information content (AvgIpc) is 2.62. The summed E-state index contributed by atoms with van der Waals surface area (Å²) in [6.07, 6.45) is 1.68. The minimum atomic E-state index is -0.103. The molecule has 0 saturated carbocycles. The SMILES string of the molecule is CC(=O)Nc1ccc(N(Cc2ccccc2)c2ccccc2)nc1. The lowest BCUT2D eigenvalue weighted by molar-refractivity contribution is -0.114. The monoisotopic (exact) mass is 317 g/mol. The van der Waals surface area contributed by atoms with Gasteiger partial charge in [-0.05, 0) is 29.8 Å². The molecule has 1 amide bonds. The number of hydrogen-bond acceptors (Lipinski definition) is 3. The second-order valence-corrected chi connectivity index (χ2v) is 5.49. The van der Waals surface area contributed by atoms with Crippen molar-refractivity contribution in [3.63, 3.8) is 0 Å². The molecule has 0 radical (unpaired) electrons. The summed E-state index contributed by atoms with van der Waals surface area (Å²) in [7, 11) is 0. The fourth-order valence-corrected chi connectivity index (χ4v) is 2.50. The highest BCUT2D eigenvalue weighted by molar-refractivity contribution is 5.88. The molecule has 4 nitrogen and oxygen atoms in total. The van der Waals surface area contributed by atoms with Gasteiger partial charge in [0.05, 0.1) is 11.9 Å². The molecule has 0 aliphatic rings. The molecule has 0 saturated heterocycles. The standard InChI is InChI=1S/C20H19N3O/c1-16(24)22-18-12-13-20(21-14-18)23(19-10-6-3-7-11-19)15-17-8-4-2-5-9-17/h2-14H,15H2,1H3,(H,22,24). The second kappa shape index (κ2) is 7.42. The maximum absolute atomic E-state index is 11.1. The molecule has 4 heteroatoms. The predicted molar refractivity (Wildman–Crippen MR) is 97.3 cm³/mol. The van der Waals surface area contributed by atoms with Gasteiger partial charge < -0.3 is 10.2 Å². The zero-order valence-electron chi connectivity index (χ0n) is 13.5. The molecule has 0 aliphatic heterocycles. The highest BCUT2D eigenvalue weighted by Crippen LogP contribution is 2.26. The highest BCUT2D eigenvalue weighted by atomic mass is 16.1. The van der Waals surface area contributed by atoms with E-state index in [0.29, 0.717) is 5.69 Å². The van der Waals surface area contributed by atoms with E-state index in [1.54, 1.807) is 6.20 Å². The normalized spacial score (nSPS) is 10.2. The van der Waals surface area contributed by atoms with Gasteiger partial charge in [0.25, 0.3) is 0 Å². The number of pyridine rings is 1. The van der Waals surface area contributed by atoms with Crippen molar-refractivity contribution < 1.29 is 4.79 Å². The summed E-state index contributed by atoms with van der Waals surface area (Å²) < 4.78 is 0. The molecule has 24 heavy (non-hydrogen) atoms. The van der Waals surface area contributed by atoms with E-state index in [-0.39, 0.29) is 5.91 Å². The minimum Gasteiger partial charge on any atom is -0.325 e. The molecule has 0 unspecified atom stereocenters. The van der Waals surface area contributed by atoms with Gasteiger partial charge in [-0.3, -0.25) is 4.79 Å². The van der Waals surface area contributed by atoms with Gasteiger partial charge in [-0.15, -0.1) is 0 Å². The van der Waals surface area contributed by atoms with E-state index in [2.05, 4.69) is 39.5 Å². The third-order valence-electron chi connectivity index (χ3n) is 3.60. The molecule has 3 aromatic rings. The Labute approximate surface area is 141 Å². The summed E-state index contributed by atoms with van der Waals surface area (Å²) in [6.45, 7) is 2.21. The largest absolute Gasteiger partial charge is 0.325 e. The van der Waals surface area contributed by atoms with Gasteiger partial charge in [0.2, 0.25) is 5.91 Å². The summed E-state index contributed by atoms with van der Waals surface area (Å²) in [4.78, 5) is 17.8. The third-order valence-corrected chi connectivity index (χ3v) is 3.60. The number of carbonyl (C=O) groups excluding carboxylic acids is 1. The Balaban J connectivity index is 1.91. The lowest BCUT2D eigenvalue weighted by Gasteiger charge is -2.24. The smallest absolute Gasteiger partial charge is 0.221 e. The van der Waals surface area contributed by atoms with Crippen LogP contribution < -0.4 is 10.2 Å². The number of amides is 1. The Morgan fingerprint density at radius 1 is 0.958 bits per heavy atom. The summed E-state index contributed by atoms with van der Waals surface area (Å²) in [6, 6.07) is 24.2. The van der Waals surface area contributed by atoms with Crippen LogP contribution in [0, 0.1) is 0 Å². The Morgan fingerprint density at radius 2 is 1.62 bits per heavy atom. The first kappa shape index (κ1) is 15.7. The van der Waals surface area contributed by atoms with Crippen molar-refractivity contribution in [3.05, 3.63) is 84.6 Å². The molecule has 0 spiro atoms. The van der Waals surface area contributed by atoms with Gasteiger partial charge in [-0.2, -0.15) is 0 Å². The van der Waals surface area contributed by atoms with Crippen molar-refractivity contribution >= 4 is 23.1 Å². The first-order chi connectivity index (χ1) is 11.7. The third kappa shape index (κ3) is 3.98. The number of aromatic nitrogens is 1. The van der Waals surface area contributed by atoms with E-state index < -0.39 is 0 Å². The molecular formula is C20H19N3O. The van der Waals surface area contributed by atoms with Gasteiger partial charge >= 0.3 is 0 Å². The topological polar surface area (TPSA) is 45.2 Å². The van der Waals surface area contributed by atoms with Crippen LogP contribution in [0.3, 0.4) is 0 Å². The zero-order valence-corrected chi connectivity index (χ0v) is 13.5. The molecule has 0 aliphatic carbocycles. The van der Waals surface area contributed by atoms with Crippen molar-refractivity contribution in [2.45, 2.75) is 13.5 Å². The first-order valence-corrected chi connectivity index (χ1v) is 7.82. The van der Waals surface area contributed by atoms with Crippen LogP contribution in [0.15, 0.2) is 79.0 Å². The lowest BCUT2D eigenvalue weighted by atomic mass is 10.2. The van der Waals surface area contributed by atoms with Crippen molar-refractivity contribution in [2.75, 3.05) is 10.2 Å². The van der Waals surface area contributed by atoms with Crippen molar-refractivity contribution in [3.8, 4) is 0 Å². The van der Waals surface area contributed by atoms with E-state index >= 15 is 0 Å². The summed E-state index contributed by atoms with van der Waals surface area (Å²) >= 11 is 0. The second-order valence-electron chi connectivity index (χ2n) is 5.49. The zero-order chi connectivity index (χ0) is 16.8. The van der Waals surface area contributed by atoms with Gasteiger partial charge in [-0.25, -0.2) is 4.98 Å². The Hall–Kier alpha value is -3.14. The number of carbonyl (C=O) groups is 1. The number of nitrogens with one attached hydrogen (secondary N) is 1. The van der Waals surface area contributed by atoms with Crippen LogP contribution in [0.25, 0.3) is 0 Å². The Kier molecular flexibility index (Phi) is 4.87. The molecule has 0 atom stereocenters. The van der Waals surface area contributed by atoms with Gasteiger partial charge in [0, 0.05) is 19.2 Å². The molecule has 1 aromatic heterocycles. The number of anilines is 3. The summed E-state index contributed by atoms with van der Waals surface area (Å²) in [5.41, 5.74) is 2.97. The molecular weight excluding hydrogens is 298 g/mol. The molecule has 1 N–H and O–H groups in total. The number of benzene rings is 2. The highest BCUT2D eigenvalue weighted by Gasteiger charge is 2.11. The lowest BCUT2D eigenvalue weighted by Crippen LogP contribution is -2.17. The van der Waals surface area contributed by atoms with Gasteiger partial charge in [0.1, 0.15) is 5.82 Å². The van der Waals surface area contributed by atoms with Crippen molar-refractivity contribution in [2.24, 2.45) is 0 Å². The van der Waals surface area contributed by atoms with Gasteiger partial charge in [0.15, 0.2) is 0 Å². The van der Waals surface area contributed by atoms with Crippen molar-refractivity contribution in [1.29, 1.82) is 0 Å². The average molecular weight is 317 g/mol.